The molecule has 0 N–H and O–H groups in total. The zero-order valence-electron chi connectivity index (χ0n) is 19.2. The topological polar surface area (TPSA) is 70.7 Å². The second-order valence-corrected chi connectivity index (χ2v) is 8.39. The number of fused-ring (bicyclic) bond motifs is 1. The number of methoxy groups -OCH3 is 1. The monoisotopic (exact) mass is 480 g/mol. The number of aryl methyl sites for hydroxylation is 2. The van der Waals surface area contributed by atoms with Gasteiger partial charge in [-0.3, -0.25) is 0 Å². The van der Waals surface area contributed by atoms with Crippen LogP contribution in [0.3, 0.4) is 0 Å². The fourth-order valence-corrected chi connectivity index (χ4v) is 4.29. The molecule has 0 spiro atoms. The van der Waals surface area contributed by atoms with Gasteiger partial charge >= 0.3 is 6.18 Å². The molecular weight excluding hydrogens is 457 g/mol. The van der Waals surface area contributed by atoms with E-state index in [0.29, 0.717) is 35.3 Å². The van der Waals surface area contributed by atoms with Gasteiger partial charge in [-0.2, -0.15) is 18.3 Å². The van der Waals surface area contributed by atoms with Crippen LogP contribution in [0.5, 0.6) is 5.88 Å². The third-order valence-corrected chi connectivity index (χ3v) is 5.96. The Hall–Kier alpha value is -3.95. The first kappa shape index (κ1) is 22.8. The number of alkyl halides is 3. The summed E-state index contributed by atoms with van der Waals surface area (Å²) in [5.74, 6) is 1.36. The number of halogens is 3. The summed E-state index contributed by atoms with van der Waals surface area (Å²) in [7, 11) is 1.56. The van der Waals surface area contributed by atoms with Crippen molar-refractivity contribution >= 4 is 12.2 Å². The fraction of sp³-hybridized carbons (Fsp3) is 0.280. The van der Waals surface area contributed by atoms with Gasteiger partial charge < -0.3 is 9.30 Å². The number of hydrogen-bond donors (Lipinski definition) is 0. The predicted molar refractivity (Wildman–Crippen MR) is 124 cm³/mol. The summed E-state index contributed by atoms with van der Waals surface area (Å²) in [6.07, 6.45) is 4.27. The molecule has 0 radical (unpaired) electrons. The Bertz CT molecular complexity index is 1390. The maximum absolute atomic E-state index is 13.2. The Labute approximate surface area is 199 Å². The van der Waals surface area contributed by atoms with Gasteiger partial charge in [0.25, 0.3) is 0 Å². The summed E-state index contributed by atoms with van der Waals surface area (Å²) in [6.45, 7) is 2.58. The first-order valence-corrected chi connectivity index (χ1v) is 11.2. The Morgan fingerprint density at radius 3 is 2.71 bits per heavy atom. The van der Waals surface area contributed by atoms with E-state index in [1.165, 1.54) is 12.1 Å². The van der Waals surface area contributed by atoms with Crippen LogP contribution in [0, 0.1) is 6.92 Å². The Morgan fingerprint density at radius 2 is 1.97 bits per heavy atom. The zero-order valence-corrected chi connectivity index (χ0v) is 19.2. The van der Waals surface area contributed by atoms with E-state index < -0.39 is 11.7 Å². The molecule has 0 amide bonds. The maximum Gasteiger partial charge on any atom is 0.416 e. The number of aromatic nitrogens is 6. The zero-order chi connectivity index (χ0) is 24.6. The van der Waals surface area contributed by atoms with Crippen molar-refractivity contribution in [3.63, 3.8) is 0 Å². The van der Waals surface area contributed by atoms with E-state index in [4.69, 9.17) is 4.74 Å². The lowest BCUT2D eigenvalue weighted by molar-refractivity contribution is -0.137. The highest BCUT2D eigenvalue weighted by atomic mass is 19.4. The SMILES string of the molecule is COc1nc(/C=C/c2nc3n(n2)CCC[C@@H]3c2cccc(C(F)(F)F)c2)ccc1-n1cnc(C)c1. The molecule has 7 nitrogen and oxygen atoms in total. The largest absolute Gasteiger partial charge is 0.479 e. The lowest BCUT2D eigenvalue weighted by Crippen LogP contribution is -2.18. The molecule has 4 aromatic rings. The van der Waals surface area contributed by atoms with Crippen molar-refractivity contribution in [2.24, 2.45) is 0 Å². The first-order valence-electron chi connectivity index (χ1n) is 11.2. The number of pyridine rings is 1. The van der Waals surface area contributed by atoms with Gasteiger partial charge in [0.15, 0.2) is 5.82 Å². The summed E-state index contributed by atoms with van der Waals surface area (Å²) in [5, 5.41) is 4.55. The third-order valence-electron chi connectivity index (χ3n) is 5.96. The molecular formula is C25H23F3N6O. The number of benzene rings is 1. The molecule has 3 aromatic heterocycles. The molecule has 1 aromatic carbocycles. The first-order chi connectivity index (χ1) is 16.8. The summed E-state index contributed by atoms with van der Waals surface area (Å²) < 4.78 is 48.7. The Morgan fingerprint density at radius 1 is 1.11 bits per heavy atom. The average Bonchev–Trinajstić information content (AvgIpc) is 3.47. The number of nitrogens with zero attached hydrogens (tertiary/aromatic N) is 6. The number of rotatable bonds is 5. The van der Waals surface area contributed by atoms with E-state index in [2.05, 4.69) is 20.1 Å². The molecule has 0 fully saturated rings. The maximum atomic E-state index is 13.2. The van der Waals surface area contributed by atoms with E-state index in [0.717, 1.165) is 30.3 Å². The van der Waals surface area contributed by atoms with Gasteiger partial charge in [-0.15, -0.1) is 0 Å². The highest BCUT2D eigenvalue weighted by Crippen LogP contribution is 2.36. The third kappa shape index (κ3) is 4.68. The van der Waals surface area contributed by atoms with Crippen molar-refractivity contribution in [2.75, 3.05) is 7.11 Å². The van der Waals surface area contributed by atoms with E-state index in [1.54, 1.807) is 36.3 Å². The Kier molecular flexibility index (Phi) is 5.88. The Balaban J connectivity index is 1.41. The smallest absolute Gasteiger partial charge is 0.416 e. The second kappa shape index (κ2) is 9.01. The molecule has 0 aliphatic carbocycles. The van der Waals surface area contributed by atoms with Crippen molar-refractivity contribution in [1.82, 2.24) is 29.3 Å². The average molecular weight is 480 g/mol. The molecule has 0 unspecified atom stereocenters. The molecule has 4 heterocycles. The van der Waals surface area contributed by atoms with Crippen LogP contribution in [0.1, 0.15) is 52.9 Å². The molecule has 0 saturated heterocycles. The van der Waals surface area contributed by atoms with Crippen molar-refractivity contribution in [1.29, 1.82) is 0 Å². The molecule has 180 valence electrons. The van der Waals surface area contributed by atoms with Crippen molar-refractivity contribution in [3.8, 4) is 11.6 Å². The van der Waals surface area contributed by atoms with Crippen LogP contribution in [0.15, 0.2) is 48.9 Å². The minimum atomic E-state index is -4.38. The minimum absolute atomic E-state index is 0.239. The summed E-state index contributed by atoms with van der Waals surface area (Å²) in [6, 6.07) is 9.21. The van der Waals surface area contributed by atoms with Gasteiger partial charge in [0.2, 0.25) is 5.88 Å². The van der Waals surface area contributed by atoms with Gasteiger partial charge in [-0.25, -0.2) is 19.6 Å². The molecule has 0 saturated carbocycles. The number of hydrogen-bond acceptors (Lipinski definition) is 5. The molecule has 0 bridgehead atoms. The van der Waals surface area contributed by atoms with Crippen LogP contribution in [0.25, 0.3) is 17.8 Å². The second-order valence-electron chi connectivity index (χ2n) is 8.39. The van der Waals surface area contributed by atoms with E-state index in [9.17, 15) is 13.2 Å². The standard InChI is InChI=1S/C25H23F3N6O/c1-16-14-33(15-29-16)21-10-8-19(30-24(21)35-2)9-11-22-31-23-20(7-4-12-34(23)32-22)17-5-3-6-18(13-17)25(26,27)28/h3,5-6,8-11,13-15,20H,4,7,12H2,1-2H3/b11-9+/t20-/m1/s1. The summed E-state index contributed by atoms with van der Waals surface area (Å²) in [5.41, 5.74) is 2.25. The van der Waals surface area contributed by atoms with E-state index in [1.807, 2.05) is 29.8 Å². The predicted octanol–water partition coefficient (Wildman–Crippen LogP) is 5.29. The van der Waals surface area contributed by atoms with Crippen LogP contribution < -0.4 is 4.74 Å². The van der Waals surface area contributed by atoms with Crippen molar-refractivity contribution in [3.05, 3.63) is 83.1 Å². The molecule has 1 aliphatic rings. The van der Waals surface area contributed by atoms with Crippen LogP contribution >= 0.6 is 0 Å². The quantitative estimate of drug-likeness (QED) is 0.388. The van der Waals surface area contributed by atoms with Crippen LogP contribution in [0.2, 0.25) is 0 Å². The van der Waals surface area contributed by atoms with Gasteiger partial charge in [-0.05, 0) is 55.7 Å². The lowest BCUT2D eigenvalue weighted by Gasteiger charge is -2.23. The highest BCUT2D eigenvalue weighted by molar-refractivity contribution is 5.65. The van der Waals surface area contributed by atoms with Crippen LogP contribution in [0.4, 0.5) is 13.2 Å². The minimum Gasteiger partial charge on any atom is -0.479 e. The van der Waals surface area contributed by atoms with E-state index >= 15 is 0 Å². The highest BCUT2D eigenvalue weighted by Gasteiger charge is 2.32. The number of ether oxygens (including phenoxy) is 1. The molecule has 5 rings (SSSR count). The van der Waals surface area contributed by atoms with E-state index in [-0.39, 0.29) is 5.92 Å². The number of imidazole rings is 1. The fourth-order valence-electron chi connectivity index (χ4n) is 4.29. The summed E-state index contributed by atoms with van der Waals surface area (Å²) >= 11 is 0. The molecule has 35 heavy (non-hydrogen) atoms. The summed E-state index contributed by atoms with van der Waals surface area (Å²) in [4.78, 5) is 13.4. The molecule has 1 aliphatic heterocycles. The van der Waals surface area contributed by atoms with Crippen molar-refractivity contribution < 1.29 is 17.9 Å². The van der Waals surface area contributed by atoms with Gasteiger partial charge in [0.05, 0.1) is 30.4 Å². The van der Waals surface area contributed by atoms with Crippen LogP contribution in [-0.2, 0) is 12.7 Å². The molecule has 1 atom stereocenters. The van der Waals surface area contributed by atoms with Crippen molar-refractivity contribution in [2.45, 2.75) is 38.4 Å². The normalized spacial score (nSPS) is 16.0. The van der Waals surface area contributed by atoms with Gasteiger partial charge in [-0.1, -0.05) is 18.2 Å². The van der Waals surface area contributed by atoms with Crippen LogP contribution in [-0.4, -0.2) is 36.4 Å². The van der Waals surface area contributed by atoms with Gasteiger partial charge in [0.1, 0.15) is 11.5 Å². The molecule has 10 heteroatoms. The van der Waals surface area contributed by atoms with Gasteiger partial charge in [0, 0.05) is 18.7 Å². The lowest BCUT2D eigenvalue weighted by atomic mass is 9.90.